The highest BCUT2D eigenvalue weighted by molar-refractivity contribution is 5.65. The second-order valence-corrected chi connectivity index (χ2v) is 5.37. The topological polar surface area (TPSA) is 29.3 Å². The minimum atomic E-state index is 0.574. The van der Waals surface area contributed by atoms with Gasteiger partial charge in [-0.1, -0.05) is 18.2 Å². The molecule has 1 aliphatic rings. The molecule has 1 aromatic rings. The van der Waals surface area contributed by atoms with Crippen LogP contribution in [0.4, 0.5) is 5.69 Å². The SMILES string of the molecule is CC(C)N1c2c(CCCN)cccc2CC1C. The molecule has 0 spiro atoms. The van der Waals surface area contributed by atoms with Crippen LogP contribution in [-0.2, 0) is 12.8 Å². The first kappa shape index (κ1) is 12.4. The van der Waals surface area contributed by atoms with E-state index in [4.69, 9.17) is 5.73 Å². The van der Waals surface area contributed by atoms with E-state index in [0.29, 0.717) is 12.1 Å². The Bertz CT molecular complexity index is 385. The van der Waals surface area contributed by atoms with Crippen LogP contribution in [-0.4, -0.2) is 18.6 Å². The zero-order valence-electron chi connectivity index (χ0n) is 11.2. The molecule has 1 unspecified atom stereocenters. The Labute approximate surface area is 105 Å². The zero-order chi connectivity index (χ0) is 12.4. The lowest BCUT2D eigenvalue weighted by molar-refractivity contribution is 0.603. The van der Waals surface area contributed by atoms with Gasteiger partial charge in [-0.25, -0.2) is 0 Å². The van der Waals surface area contributed by atoms with Crippen molar-refractivity contribution in [3.05, 3.63) is 29.3 Å². The molecule has 0 aliphatic carbocycles. The molecule has 0 radical (unpaired) electrons. The maximum atomic E-state index is 5.63. The second-order valence-electron chi connectivity index (χ2n) is 5.37. The third-order valence-electron chi connectivity index (χ3n) is 3.66. The largest absolute Gasteiger partial charge is 0.366 e. The lowest BCUT2D eigenvalue weighted by Crippen LogP contribution is -2.36. The second kappa shape index (κ2) is 5.09. The van der Waals surface area contributed by atoms with Crippen molar-refractivity contribution < 1.29 is 0 Å². The van der Waals surface area contributed by atoms with Gasteiger partial charge in [-0.15, -0.1) is 0 Å². The highest BCUT2D eigenvalue weighted by Gasteiger charge is 2.29. The van der Waals surface area contributed by atoms with Gasteiger partial charge in [0.05, 0.1) is 0 Å². The van der Waals surface area contributed by atoms with E-state index in [1.165, 1.54) is 23.2 Å². The highest BCUT2D eigenvalue weighted by atomic mass is 15.2. The van der Waals surface area contributed by atoms with Crippen molar-refractivity contribution in [3.63, 3.8) is 0 Å². The van der Waals surface area contributed by atoms with Crippen LogP contribution < -0.4 is 10.6 Å². The van der Waals surface area contributed by atoms with E-state index in [9.17, 15) is 0 Å². The molecule has 1 atom stereocenters. The predicted molar refractivity (Wildman–Crippen MR) is 74.6 cm³/mol. The number of anilines is 1. The molecule has 1 aromatic carbocycles. The molecule has 2 N–H and O–H groups in total. The van der Waals surface area contributed by atoms with Crippen LogP contribution in [0.25, 0.3) is 0 Å². The normalized spacial score (nSPS) is 18.9. The monoisotopic (exact) mass is 232 g/mol. The summed E-state index contributed by atoms with van der Waals surface area (Å²) < 4.78 is 0. The number of rotatable bonds is 4. The zero-order valence-corrected chi connectivity index (χ0v) is 11.2. The number of hydrogen-bond acceptors (Lipinski definition) is 2. The minimum absolute atomic E-state index is 0.574. The van der Waals surface area contributed by atoms with Gasteiger partial charge in [-0.05, 0) is 57.7 Å². The third kappa shape index (κ3) is 2.32. The van der Waals surface area contributed by atoms with E-state index in [1.807, 2.05) is 0 Å². The van der Waals surface area contributed by atoms with Gasteiger partial charge in [-0.3, -0.25) is 0 Å². The Morgan fingerprint density at radius 1 is 1.41 bits per heavy atom. The standard InChI is InChI=1S/C15H24N2/c1-11(2)17-12(3)10-14-7-4-6-13(15(14)17)8-5-9-16/h4,6-7,11-12H,5,8-10,16H2,1-3H3. The van der Waals surface area contributed by atoms with E-state index in [2.05, 4.69) is 43.9 Å². The molecule has 0 aromatic heterocycles. The fourth-order valence-electron chi connectivity index (χ4n) is 3.04. The van der Waals surface area contributed by atoms with Gasteiger partial charge < -0.3 is 10.6 Å². The van der Waals surface area contributed by atoms with Gasteiger partial charge in [0.2, 0.25) is 0 Å². The Morgan fingerprint density at radius 3 is 2.82 bits per heavy atom. The third-order valence-corrected chi connectivity index (χ3v) is 3.66. The Hall–Kier alpha value is -1.02. The number of nitrogens with zero attached hydrogens (tertiary/aromatic N) is 1. The van der Waals surface area contributed by atoms with E-state index in [1.54, 1.807) is 0 Å². The van der Waals surface area contributed by atoms with Crippen LogP contribution in [0, 0.1) is 0 Å². The fraction of sp³-hybridized carbons (Fsp3) is 0.600. The number of benzene rings is 1. The van der Waals surface area contributed by atoms with Gasteiger partial charge in [0.25, 0.3) is 0 Å². The van der Waals surface area contributed by atoms with Gasteiger partial charge in [0, 0.05) is 17.8 Å². The van der Waals surface area contributed by atoms with E-state index < -0.39 is 0 Å². The molecule has 1 aliphatic heterocycles. The quantitative estimate of drug-likeness (QED) is 0.865. The average Bonchev–Trinajstić information content (AvgIpc) is 2.62. The number of nitrogens with two attached hydrogens (primary N) is 1. The number of para-hydroxylation sites is 1. The molecule has 0 bridgehead atoms. The number of aryl methyl sites for hydroxylation is 1. The van der Waals surface area contributed by atoms with Crippen molar-refractivity contribution in [1.29, 1.82) is 0 Å². The summed E-state index contributed by atoms with van der Waals surface area (Å²) in [6.07, 6.45) is 3.37. The van der Waals surface area contributed by atoms with Gasteiger partial charge in [-0.2, -0.15) is 0 Å². The van der Waals surface area contributed by atoms with Crippen molar-refractivity contribution >= 4 is 5.69 Å². The van der Waals surface area contributed by atoms with E-state index >= 15 is 0 Å². The summed E-state index contributed by atoms with van der Waals surface area (Å²) in [4.78, 5) is 2.57. The van der Waals surface area contributed by atoms with Gasteiger partial charge in [0.15, 0.2) is 0 Å². The van der Waals surface area contributed by atoms with Crippen LogP contribution >= 0.6 is 0 Å². The summed E-state index contributed by atoms with van der Waals surface area (Å²) in [6, 6.07) is 7.94. The smallest absolute Gasteiger partial charge is 0.0436 e. The van der Waals surface area contributed by atoms with E-state index in [-0.39, 0.29) is 0 Å². The molecule has 0 saturated heterocycles. The molecule has 0 saturated carbocycles. The number of fused-ring (bicyclic) bond motifs is 1. The fourth-order valence-corrected chi connectivity index (χ4v) is 3.04. The molecule has 1 heterocycles. The first-order chi connectivity index (χ1) is 8.15. The van der Waals surface area contributed by atoms with Crippen molar-refractivity contribution in [2.45, 2.75) is 52.1 Å². The molecule has 2 heteroatoms. The predicted octanol–water partition coefficient (Wildman–Crippen LogP) is 2.74. The summed E-state index contributed by atoms with van der Waals surface area (Å²) in [5, 5.41) is 0. The maximum Gasteiger partial charge on any atom is 0.0436 e. The molecular weight excluding hydrogens is 208 g/mol. The lowest BCUT2D eigenvalue weighted by Gasteiger charge is -2.31. The summed E-state index contributed by atoms with van der Waals surface area (Å²) in [5.74, 6) is 0. The van der Waals surface area contributed by atoms with Crippen molar-refractivity contribution in [2.24, 2.45) is 5.73 Å². The van der Waals surface area contributed by atoms with Crippen molar-refractivity contribution in [2.75, 3.05) is 11.4 Å². The first-order valence-corrected chi connectivity index (χ1v) is 6.74. The van der Waals surface area contributed by atoms with Crippen LogP contribution in [0.1, 0.15) is 38.3 Å². The van der Waals surface area contributed by atoms with E-state index in [0.717, 1.165) is 19.4 Å². The summed E-state index contributed by atoms with van der Waals surface area (Å²) >= 11 is 0. The molecule has 0 amide bonds. The molecule has 0 fully saturated rings. The summed E-state index contributed by atoms with van der Waals surface area (Å²) in [5.41, 5.74) is 10.1. The Kier molecular flexibility index (Phi) is 3.72. The molecule has 94 valence electrons. The lowest BCUT2D eigenvalue weighted by atomic mass is 10.0. The molecule has 2 rings (SSSR count). The molecule has 2 nitrogen and oxygen atoms in total. The van der Waals surface area contributed by atoms with Crippen molar-refractivity contribution in [3.8, 4) is 0 Å². The maximum absolute atomic E-state index is 5.63. The van der Waals surface area contributed by atoms with Gasteiger partial charge >= 0.3 is 0 Å². The Balaban J connectivity index is 2.35. The van der Waals surface area contributed by atoms with Gasteiger partial charge in [0.1, 0.15) is 0 Å². The summed E-state index contributed by atoms with van der Waals surface area (Å²) in [6.45, 7) is 7.67. The molecule has 17 heavy (non-hydrogen) atoms. The average molecular weight is 232 g/mol. The highest BCUT2D eigenvalue weighted by Crippen LogP contribution is 2.37. The van der Waals surface area contributed by atoms with Crippen LogP contribution in [0.5, 0.6) is 0 Å². The van der Waals surface area contributed by atoms with Crippen molar-refractivity contribution in [1.82, 2.24) is 0 Å². The summed E-state index contributed by atoms with van der Waals surface area (Å²) in [7, 11) is 0. The Morgan fingerprint density at radius 2 is 2.18 bits per heavy atom. The number of hydrogen-bond donors (Lipinski definition) is 1. The first-order valence-electron chi connectivity index (χ1n) is 6.74. The minimum Gasteiger partial charge on any atom is -0.366 e. The van der Waals surface area contributed by atoms with Crippen LogP contribution in [0.2, 0.25) is 0 Å². The van der Waals surface area contributed by atoms with Crippen LogP contribution in [0.15, 0.2) is 18.2 Å². The van der Waals surface area contributed by atoms with Crippen LogP contribution in [0.3, 0.4) is 0 Å². The molecular formula is C15H24N2.